The molecule has 2 aliphatic rings. The quantitative estimate of drug-likeness (QED) is 0.321. The fraction of sp³-hybridized carbons (Fsp3) is 0.452. The van der Waals surface area contributed by atoms with Crippen molar-refractivity contribution in [1.82, 2.24) is 15.2 Å². The van der Waals surface area contributed by atoms with Gasteiger partial charge in [-0.25, -0.2) is 9.98 Å². The SMILES string of the molecule is CCCN(CCC)C(=O)C1=Cc2ccc(C(=O)Nc3ccc(N4CCC(C(=O)NCCN)CC4)nc3)cc2N=C(N)C1. The van der Waals surface area contributed by atoms with Crippen LogP contribution in [0.3, 0.4) is 0 Å². The molecule has 2 aliphatic heterocycles. The first kappa shape index (κ1) is 30.7. The number of amides is 3. The number of nitrogens with one attached hydrogen (secondary N) is 2. The Morgan fingerprint density at radius 1 is 1.07 bits per heavy atom. The molecule has 11 heteroatoms. The van der Waals surface area contributed by atoms with Gasteiger partial charge in [0, 0.05) is 68.3 Å². The highest BCUT2D eigenvalue weighted by atomic mass is 16.2. The fourth-order valence-electron chi connectivity index (χ4n) is 5.29. The second kappa shape index (κ2) is 14.6. The van der Waals surface area contributed by atoms with Crippen molar-refractivity contribution in [3.8, 4) is 0 Å². The van der Waals surface area contributed by atoms with Gasteiger partial charge < -0.3 is 31.9 Å². The second-order valence-corrected chi connectivity index (χ2v) is 10.7. The largest absolute Gasteiger partial charge is 0.387 e. The van der Waals surface area contributed by atoms with Crippen molar-refractivity contribution in [2.24, 2.45) is 22.4 Å². The van der Waals surface area contributed by atoms with Gasteiger partial charge in [-0.05, 0) is 56.0 Å². The van der Waals surface area contributed by atoms with Crippen molar-refractivity contribution in [1.29, 1.82) is 0 Å². The number of aromatic nitrogens is 1. The molecule has 224 valence electrons. The van der Waals surface area contributed by atoms with Gasteiger partial charge >= 0.3 is 0 Å². The van der Waals surface area contributed by atoms with Crippen molar-refractivity contribution < 1.29 is 14.4 Å². The number of piperidine rings is 1. The molecule has 1 saturated heterocycles. The molecule has 4 rings (SSSR count). The van der Waals surface area contributed by atoms with Crippen LogP contribution in [0, 0.1) is 5.92 Å². The molecule has 1 aromatic heterocycles. The van der Waals surface area contributed by atoms with Gasteiger partial charge in [0.15, 0.2) is 0 Å². The predicted octanol–water partition coefficient (Wildman–Crippen LogP) is 3.05. The molecule has 0 radical (unpaired) electrons. The van der Waals surface area contributed by atoms with Gasteiger partial charge in [-0.15, -0.1) is 0 Å². The van der Waals surface area contributed by atoms with E-state index in [1.54, 1.807) is 24.4 Å². The van der Waals surface area contributed by atoms with E-state index in [1.165, 1.54) is 0 Å². The Labute approximate surface area is 247 Å². The highest BCUT2D eigenvalue weighted by molar-refractivity contribution is 6.07. The lowest BCUT2D eigenvalue weighted by Crippen LogP contribution is -2.42. The van der Waals surface area contributed by atoms with Crippen LogP contribution in [0.15, 0.2) is 47.1 Å². The number of hydrogen-bond donors (Lipinski definition) is 4. The van der Waals surface area contributed by atoms with Crippen LogP contribution in [0.1, 0.15) is 61.9 Å². The Hall–Kier alpha value is -4.25. The molecular formula is C31H42N8O3. The summed E-state index contributed by atoms with van der Waals surface area (Å²) in [5, 5.41) is 5.76. The molecule has 3 amide bonds. The van der Waals surface area contributed by atoms with E-state index in [2.05, 4.69) is 39.4 Å². The third kappa shape index (κ3) is 7.73. The number of amidine groups is 1. The molecule has 0 aliphatic carbocycles. The summed E-state index contributed by atoms with van der Waals surface area (Å²) in [6, 6.07) is 8.89. The summed E-state index contributed by atoms with van der Waals surface area (Å²) >= 11 is 0. The summed E-state index contributed by atoms with van der Waals surface area (Å²) in [5.41, 5.74) is 14.5. The minimum absolute atomic E-state index is 0.00802. The normalized spacial score (nSPS) is 15.2. The Kier molecular flexibility index (Phi) is 10.7. The smallest absolute Gasteiger partial charge is 0.255 e. The minimum atomic E-state index is -0.299. The number of pyridine rings is 1. The van der Waals surface area contributed by atoms with E-state index in [1.807, 2.05) is 23.1 Å². The zero-order valence-electron chi connectivity index (χ0n) is 24.6. The molecule has 3 heterocycles. The number of benzene rings is 1. The topological polar surface area (TPSA) is 159 Å². The highest BCUT2D eigenvalue weighted by Crippen LogP contribution is 2.29. The van der Waals surface area contributed by atoms with Crippen LogP contribution in [-0.4, -0.2) is 72.7 Å². The van der Waals surface area contributed by atoms with Gasteiger partial charge in [-0.2, -0.15) is 0 Å². The lowest BCUT2D eigenvalue weighted by Gasteiger charge is -2.32. The van der Waals surface area contributed by atoms with Gasteiger partial charge in [0.25, 0.3) is 5.91 Å². The first-order valence-corrected chi connectivity index (χ1v) is 14.8. The third-order valence-electron chi connectivity index (χ3n) is 7.45. The molecule has 11 nitrogen and oxygen atoms in total. The van der Waals surface area contributed by atoms with Crippen LogP contribution in [0.2, 0.25) is 0 Å². The van der Waals surface area contributed by atoms with E-state index in [4.69, 9.17) is 11.5 Å². The van der Waals surface area contributed by atoms with Crippen molar-refractivity contribution in [2.45, 2.75) is 46.0 Å². The molecule has 0 atom stereocenters. The van der Waals surface area contributed by atoms with E-state index in [0.717, 1.165) is 50.2 Å². The Morgan fingerprint density at radius 3 is 2.45 bits per heavy atom. The second-order valence-electron chi connectivity index (χ2n) is 10.7. The zero-order chi connectivity index (χ0) is 30.1. The number of nitrogens with zero attached hydrogens (tertiary/aromatic N) is 4. The number of rotatable bonds is 11. The van der Waals surface area contributed by atoms with Crippen molar-refractivity contribution in [3.63, 3.8) is 0 Å². The number of fused-ring (bicyclic) bond motifs is 1. The summed E-state index contributed by atoms with van der Waals surface area (Å²) in [4.78, 5) is 51.6. The number of carbonyl (C=O) groups is 3. The van der Waals surface area contributed by atoms with E-state index in [-0.39, 0.29) is 30.1 Å². The van der Waals surface area contributed by atoms with Crippen LogP contribution < -0.4 is 27.0 Å². The van der Waals surface area contributed by atoms with Crippen LogP contribution >= 0.6 is 0 Å². The molecular weight excluding hydrogens is 532 g/mol. The minimum Gasteiger partial charge on any atom is -0.387 e. The number of hydrogen-bond acceptors (Lipinski definition) is 8. The standard InChI is InChI=1S/C31H42N8O3/c1-3-13-39(14-4-2)31(42)24-17-22-5-6-23(18-26(22)37-27(33)19-24)30(41)36-25-7-8-28(35-20-25)38-15-9-21(10-16-38)29(40)34-12-11-32/h5-8,17-18,20-21H,3-4,9-16,19,32H2,1-2H3,(H2,33,37)(H,34,40)(H,36,41). The molecule has 1 aromatic carbocycles. The average molecular weight is 575 g/mol. The third-order valence-corrected chi connectivity index (χ3v) is 7.45. The van der Waals surface area contributed by atoms with Crippen molar-refractivity contribution >= 4 is 46.8 Å². The van der Waals surface area contributed by atoms with Gasteiger partial charge in [0.2, 0.25) is 11.8 Å². The van der Waals surface area contributed by atoms with E-state index in [9.17, 15) is 14.4 Å². The van der Waals surface area contributed by atoms with Gasteiger partial charge in [-0.1, -0.05) is 19.9 Å². The van der Waals surface area contributed by atoms with Crippen molar-refractivity contribution in [3.05, 3.63) is 53.2 Å². The van der Waals surface area contributed by atoms with Gasteiger partial charge in [0.05, 0.1) is 17.6 Å². The average Bonchev–Trinajstić information content (AvgIpc) is 3.17. The van der Waals surface area contributed by atoms with Crippen LogP contribution in [0.25, 0.3) is 6.08 Å². The zero-order valence-corrected chi connectivity index (χ0v) is 24.6. The van der Waals surface area contributed by atoms with Crippen LogP contribution in [0.5, 0.6) is 0 Å². The van der Waals surface area contributed by atoms with E-state index in [0.29, 0.717) is 54.5 Å². The predicted molar refractivity (Wildman–Crippen MR) is 167 cm³/mol. The van der Waals surface area contributed by atoms with Crippen molar-refractivity contribution in [2.75, 3.05) is 49.5 Å². The number of nitrogens with two attached hydrogens (primary N) is 2. The molecule has 1 fully saturated rings. The highest BCUT2D eigenvalue weighted by Gasteiger charge is 2.25. The van der Waals surface area contributed by atoms with Crippen LogP contribution in [-0.2, 0) is 9.59 Å². The maximum absolute atomic E-state index is 13.2. The number of carbonyl (C=O) groups excluding carboxylic acids is 3. The first-order chi connectivity index (χ1) is 20.3. The molecule has 2 aromatic rings. The summed E-state index contributed by atoms with van der Waals surface area (Å²) in [5.74, 6) is 0.863. The van der Waals surface area contributed by atoms with E-state index < -0.39 is 0 Å². The maximum Gasteiger partial charge on any atom is 0.255 e. The molecule has 6 N–H and O–H groups in total. The van der Waals surface area contributed by atoms with E-state index >= 15 is 0 Å². The number of aliphatic imine (C=N–C) groups is 1. The lowest BCUT2D eigenvalue weighted by molar-refractivity contribution is -0.127. The lowest BCUT2D eigenvalue weighted by atomic mass is 9.96. The number of anilines is 2. The molecule has 0 saturated carbocycles. The summed E-state index contributed by atoms with van der Waals surface area (Å²) < 4.78 is 0. The summed E-state index contributed by atoms with van der Waals surface area (Å²) in [6.07, 6.45) is 6.99. The monoisotopic (exact) mass is 574 g/mol. The fourth-order valence-corrected chi connectivity index (χ4v) is 5.29. The Bertz CT molecular complexity index is 1320. The Balaban J connectivity index is 1.40. The molecule has 42 heavy (non-hydrogen) atoms. The van der Waals surface area contributed by atoms with Gasteiger partial charge in [0.1, 0.15) is 11.7 Å². The van der Waals surface area contributed by atoms with Gasteiger partial charge in [-0.3, -0.25) is 14.4 Å². The molecule has 0 unspecified atom stereocenters. The summed E-state index contributed by atoms with van der Waals surface area (Å²) in [6.45, 7) is 7.88. The molecule has 0 spiro atoms. The Morgan fingerprint density at radius 2 is 1.81 bits per heavy atom. The first-order valence-electron chi connectivity index (χ1n) is 14.8. The van der Waals surface area contributed by atoms with Crippen LogP contribution in [0.4, 0.5) is 17.2 Å². The maximum atomic E-state index is 13.2. The molecule has 0 bridgehead atoms. The summed E-state index contributed by atoms with van der Waals surface area (Å²) in [7, 11) is 0.